The van der Waals surface area contributed by atoms with E-state index in [-0.39, 0.29) is 5.69 Å². The van der Waals surface area contributed by atoms with Crippen molar-refractivity contribution in [3.8, 4) is 0 Å². The van der Waals surface area contributed by atoms with Crippen LogP contribution in [0.15, 0.2) is 46.6 Å². The molecule has 0 aliphatic carbocycles. The number of anilines is 1. The molecule has 0 unspecified atom stereocenters. The zero-order valence-corrected chi connectivity index (χ0v) is 11.8. The first-order chi connectivity index (χ1) is 9.69. The average Bonchev–Trinajstić information content (AvgIpc) is 2.46. The zero-order valence-electron chi connectivity index (χ0n) is 10.9. The molecule has 20 heavy (non-hydrogen) atoms. The number of hydrogen-bond acceptors (Lipinski definition) is 6. The van der Waals surface area contributed by atoms with Gasteiger partial charge in [0, 0.05) is 29.9 Å². The molecule has 1 N–H and O–H groups in total. The quantitative estimate of drug-likeness (QED) is 0.649. The molecule has 0 saturated heterocycles. The maximum atomic E-state index is 11.0. The second-order valence-electron chi connectivity index (χ2n) is 4.02. The number of nitro groups is 1. The second-order valence-corrected chi connectivity index (χ2v) is 5.11. The third kappa shape index (κ3) is 3.92. The molecule has 0 radical (unpaired) electrons. The van der Waals surface area contributed by atoms with Gasteiger partial charge in [-0.2, -0.15) is 0 Å². The van der Waals surface area contributed by atoms with E-state index in [1.807, 2.05) is 19.1 Å². The van der Waals surface area contributed by atoms with E-state index in [0.717, 1.165) is 17.9 Å². The van der Waals surface area contributed by atoms with Crippen LogP contribution in [0.5, 0.6) is 0 Å². The van der Waals surface area contributed by atoms with Crippen molar-refractivity contribution >= 4 is 23.3 Å². The second kappa shape index (κ2) is 6.85. The fourth-order valence-corrected chi connectivity index (χ4v) is 2.34. The summed E-state index contributed by atoms with van der Waals surface area (Å²) < 4.78 is 0. The molecule has 2 rings (SSSR count). The van der Waals surface area contributed by atoms with Crippen molar-refractivity contribution in [1.82, 2.24) is 9.97 Å². The Morgan fingerprint density at radius 3 is 2.75 bits per heavy atom. The fraction of sp³-hybridized carbons (Fsp3) is 0.231. The van der Waals surface area contributed by atoms with E-state index < -0.39 is 4.92 Å². The topological polar surface area (TPSA) is 81.0 Å². The minimum Gasteiger partial charge on any atom is -0.370 e. The highest BCUT2D eigenvalue weighted by atomic mass is 32.2. The van der Waals surface area contributed by atoms with Gasteiger partial charge in [-0.05, 0) is 18.6 Å². The number of hydrogen-bond donors (Lipinski definition) is 1. The fourth-order valence-electron chi connectivity index (χ4n) is 1.52. The van der Waals surface area contributed by atoms with Crippen molar-refractivity contribution in [2.75, 3.05) is 11.9 Å². The Morgan fingerprint density at radius 2 is 2.10 bits per heavy atom. The molecule has 2 heterocycles. The summed E-state index contributed by atoms with van der Waals surface area (Å²) in [6.07, 6.45) is 4.28. The Balaban J connectivity index is 2.26. The SMILES string of the molecule is CCCNc1cc([N+](=O)[O-])cc(Sc2ccncc2)n1. The third-order valence-corrected chi connectivity index (χ3v) is 3.35. The van der Waals surface area contributed by atoms with Crippen LogP contribution in [-0.2, 0) is 0 Å². The van der Waals surface area contributed by atoms with Crippen molar-refractivity contribution in [3.05, 3.63) is 46.8 Å². The van der Waals surface area contributed by atoms with Gasteiger partial charge in [0.25, 0.3) is 5.69 Å². The summed E-state index contributed by atoms with van der Waals surface area (Å²) in [4.78, 5) is 19.8. The minimum absolute atomic E-state index is 0.0372. The van der Waals surface area contributed by atoms with Gasteiger partial charge in [-0.25, -0.2) is 4.98 Å². The molecule has 104 valence electrons. The van der Waals surface area contributed by atoms with Gasteiger partial charge in [0.05, 0.1) is 11.0 Å². The van der Waals surface area contributed by atoms with Gasteiger partial charge in [-0.3, -0.25) is 15.1 Å². The number of nitrogens with zero attached hydrogens (tertiary/aromatic N) is 3. The van der Waals surface area contributed by atoms with Crippen LogP contribution in [0.2, 0.25) is 0 Å². The predicted molar refractivity (Wildman–Crippen MR) is 78.0 cm³/mol. The Labute approximate surface area is 120 Å². The van der Waals surface area contributed by atoms with Gasteiger partial charge in [0.2, 0.25) is 0 Å². The lowest BCUT2D eigenvalue weighted by atomic mass is 10.4. The van der Waals surface area contributed by atoms with Crippen LogP contribution < -0.4 is 5.32 Å². The molecule has 0 atom stereocenters. The molecule has 2 aromatic heterocycles. The highest BCUT2D eigenvalue weighted by Gasteiger charge is 2.12. The summed E-state index contributed by atoms with van der Waals surface area (Å²) in [6, 6.07) is 6.60. The van der Waals surface area contributed by atoms with Crippen LogP contribution in [0.3, 0.4) is 0 Å². The normalized spacial score (nSPS) is 10.2. The largest absolute Gasteiger partial charge is 0.370 e. The van der Waals surface area contributed by atoms with Crippen LogP contribution >= 0.6 is 11.8 Å². The van der Waals surface area contributed by atoms with Crippen LogP contribution in [0, 0.1) is 10.1 Å². The molecule has 0 bridgehead atoms. The Hall–Kier alpha value is -2.15. The molecule has 0 saturated carbocycles. The smallest absolute Gasteiger partial charge is 0.275 e. The number of pyridine rings is 2. The Morgan fingerprint density at radius 1 is 1.35 bits per heavy atom. The first-order valence-electron chi connectivity index (χ1n) is 6.17. The van der Waals surface area contributed by atoms with Crippen molar-refractivity contribution in [2.24, 2.45) is 0 Å². The average molecular weight is 290 g/mol. The summed E-state index contributed by atoms with van der Waals surface area (Å²) in [5.41, 5.74) is 0.0372. The van der Waals surface area contributed by atoms with E-state index in [1.165, 1.54) is 23.9 Å². The monoisotopic (exact) mass is 290 g/mol. The van der Waals surface area contributed by atoms with Crippen LogP contribution in [0.4, 0.5) is 11.5 Å². The van der Waals surface area contributed by atoms with Gasteiger partial charge in [-0.15, -0.1) is 0 Å². The molecule has 0 fully saturated rings. The lowest BCUT2D eigenvalue weighted by molar-refractivity contribution is -0.385. The maximum absolute atomic E-state index is 11.0. The van der Waals surface area contributed by atoms with E-state index in [0.29, 0.717) is 10.8 Å². The van der Waals surface area contributed by atoms with E-state index in [2.05, 4.69) is 15.3 Å². The molecule has 2 aromatic rings. The van der Waals surface area contributed by atoms with E-state index in [1.54, 1.807) is 12.4 Å². The van der Waals surface area contributed by atoms with Crippen LogP contribution in [-0.4, -0.2) is 21.4 Å². The molecule has 7 heteroatoms. The molecule has 0 aliphatic rings. The molecule has 0 spiro atoms. The van der Waals surface area contributed by atoms with Crippen molar-refractivity contribution in [1.29, 1.82) is 0 Å². The Kier molecular flexibility index (Phi) is 4.89. The zero-order chi connectivity index (χ0) is 14.4. The van der Waals surface area contributed by atoms with Gasteiger partial charge >= 0.3 is 0 Å². The highest BCUT2D eigenvalue weighted by molar-refractivity contribution is 7.99. The lowest BCUT2D eigenvalue weighted by Gasteiger charge is -2.06. The van der Waals surface area contributed by atoms with Crippen molar-refractivity contribution in [3.63, 3.8) is 0 Å². The minimum atomic E-state index is -0.407. The number of aromatic nitrogens is 2. The lowest BCUT2D eigenvalue weighted by Crippen LogP contribution is -2.03. The highest BCUT2D eigenvalue weighted by Crippen LogP contribution is 2.29. The van der Waals surface area contributed by atoms with Gasteiger partial charge < -0.3 is 5.32 Å². The van der Waals surface area contributed by atoms with Crippen LogP contribution in [0.1, 0.15) is 13.3 Å². The molecule has 0 aromatic carbocycles. The molecule has 0 amide bonds. The van der Waals surface area contributed by atoms with E-state index in [4.69, 9.17) is 0 Å². The van der Waals surface area contributed by atoms with E-state index >= 15 is 0 Å². The summed E-state index contributed by atoms with van der Waals surface area (Å²) in [5.74, 6) is 0.526. The molecular formula is C13H14N4O2S. The van der Waals surface area contributed by atoms with Crippen molar-refractivity contribution in [2.45, 2.75) is 23.3 Å². The summed E-state index contributed by atoms with van der Waals surface area (Å²) in [6.45, 7) is 2.75. The first kappa shape index (κ1) is 14.3. The number of nitrogens with one attached hydrogen (secondary N) is 1. The van der Waals surface area contributed by atoms with Crippen LogP contribution in [0.25, 0.3) is 0 Å². The maximum Gasteiger partial charge on any atom is 0.275 e. The number of rotatable bonds is 6. The summed E-state index contributed by atoms with van der Waals surface area (Å²) in [5, 5.41) is 14.6. The van der Waals surface area contributed by atoms with Gasteiger partial charge in [-0.1, -0.05) is 18.7 Å². The van der Waals surface area contributed by atoms with E-state index in [9.17, 15) is 10.1 Å². The van der Waals surface area contributed by atoms with Gasteiger partial charge in [0.15, 0.2) is 0 Å². The molecular weight excluding hydrogens is 276 g/mol. The predicted octanol–water partition coefficient (Wildman–Crippen LogP) is 3.36. The summed E-state index contributed by atoms with van der Waals surface area (Å²) >= 11 is 1.37. The Bertz CT molecular complexity index is 592. The first-order valence-corrected chi connectivity index (χ1v) is 6.99. The molecule has 0 aliphatic heterocycles. The standard InChI is InChI=1S/C13H14N4O2S/c1-2-5-15-12-8-10(17(18)19)9-13(16-12)20-11-3-6-14-7-4-11/h3-4,6-9H,2,5H2,1H3,(H,15,16). The van der Waals surface area contributed by atoms with Crippen molar-refractivity contribution < 1.29 is 4.92 Å². The summed E-state index contributed by atoms with van der Waals surface area (Å²) in [7, 11) is 0. The van der Waals surface area contributed by atoms with Gasteiger partial charge in [0.1, 0.15) is 10.8 Å². The third-order valence-electron chi connectivity index (χ3n) is 2.43. The molecule has 6 nitrogen and oxygen atoms in total.